The summed E-state index contributed by atoms with van der Waals surface area (Å²) in [6, 6.07) is 54.9. The van der Waals surface area contributed by atoms with Gasteiger partial charge in [0.05, 0.1) is 22.1 Å². The normalized spacial score (nSPS) is 17.0. The van der Waals surface area contributed by atoms with E-state index in [9.17, 15) is 0 Å². The van der Waals surface area contributed by atoms with E-state index in [4.69, 9.17) is 0 Å². The van der Waals surface area contributed by atoms with Crippen molar-refractivity contribution < 1.29 is 9.13 Å². The zero-order valence-corrected chi connectivity index (χ0v) is 29.4. The van der Waals surface area contributed by atoms with Crippen molar-refractivity contribution in [3.05, 3.63) is 180 Å². The van der Waals surface area contributed by atoms with Gasteiger partial charge in [-0.1, -0.05) is 125 Å². The highest BCUT2D eigenvalue weighted by atomic mass is 15.3. The van der Waals surface area contributed by atoms with E-state index in [1.807, 2.05) is 0 Å². The van der Waals surface area contributed by atoms with Gasteiger partial charge in [0.25, 0.3) is 0 Å². The molecule has 1 atom stereocenters. The molecular weight excluding hydrogens is 617 g/mol. The van der Waals surface area contributed by atoms with Crippen molar-refractivity contribution in [2.45, 2.75) is 44.7 Å². The second-order valence-electron chi connectivity index (χ2n) is 15.5. The minimum atomic E-state index is -0.674. The molecule has 0 saturated carbocycles. The number of hydrogen-bond acceptors (Lipinski definition) is 0. The minimum absolute atomic E-state index is 0.159. The molecular formula is C49H38N2+2. The zero-order chi connectivity index (χ0) is 34.2. The molecule has 6 aromatic carbocycles. The van der Waals surface area contributed by atoms with Gasteiger partial charge < -0.3 is 0 Å². The fourth-order valence-corrected chi connectivity index (χ4v) is 10.2. The van der Waals surface area contributed by atoms with Gasteiger partial charge in [-0.3, -0.25) is 0 Å². The largest absolute Gasteiger partial charge is 0.418 e. The van der Waals surface area contributed by atoms with Gasteiger partial charge in [-0.05, 0) is 75.0 Å². The zero-order valence-electron chi connectivity index (χ0n) is 29.4. The molecule has 11 rings (SSSR count). The average molecular weight is 655 g/mol. The van der Waals surface area contributed by atoms with Crippen molar-refractivity contribution in [2.24, 2.45) is 0 Å². The molecule has 2 nitrogen and oxygen atoms in total. The summed E-state index contributed by atoms with van der Waals surface area (Å²) in [7, 11) is 0. The molecule has 4 heterocycles. The summed E-state index contributed by atoms with van der Waals surface area (Å²) in [5.41, 5.74) is 17.7. The third kappa shape index (κ3) is 3.43. The lowest BCUT2D eigenvalue weighted by atomic mass is 9.80. The van der Waals surface area contributed by atoms with Gasteiger partial charge in [-0.25, -0.2) is 0 Å². The number of nitrogens with zero attached hydrogens (tertiary/aromatic N) is 2. The van der Waals surface area contributed by atoms with Gasteiger partial charge in [-0.15, -0.1) is 9.13 Å². The quantitative estimate of drug-likeness (QED) is 0.164. The number of hydrogen-bond donors (Lipinski definition) is 0. The maximum atomic E-state index is 2.75. The molecule has 2 heteroatoms. The Bertz CT molecular complexity index is 2810. The lowest BCUT2D eigenvalue weighted by Crippen LogP contribution is -2.71. The third-order valence-corrected chi connectivity index (χ3v) is 12.2. The third-order valence-electron chi connectivity index (χ3n) is 12.2. The molecule has 0 N–H and O–H groups in total. The lowest BCUT2D eigenvalue weighted by molar-refractivity contribution is -0.944. The molecule has 1 aliphatic carbocycles. The van der Waals surface area contributed by atoms with Crippen LogP contribution in [0.1, 0.15) is 61.4 Å². The Hall–Kier alpha value is -5.86. The first kappa shape index (κ1) is 28.9. The Labute approximate surface area is 298 Å². The van der Waals surface area contributed by atoms with Crippen molar-refractivity contribution in [2.75, 3.05) is 0 Å². The first-order chi connectivity index (χ1) is 24.9. The highest BCUT2D eigenvalue weighted by Gasteiger charge is 2.69. The summed E-state index contributed by atoms with van der Waals surface area (Å²) in [5.74, 6) is 0.364. The van der Waals surface area contributed by atoms with E-state index >= 15 is 0 Å². The van der Waals surface area contributed by atoms with Crippen LogP contribution in [0.4, 0.5) is 0 Å². The topological polar surface area (TPSA) is 7.76 Å². The number of benzene rings is 6. The molecule has 51 heavy (non-hydrogen) atoms. The van der Waals surface area contributed by atoms with E-state index in [0.717, 1.165) is 0 Å². The Kier molecular flexibility index (Phi) is 5.61. The predicted molar refractivity (Wildman–Crippen MR) is 208 cm³/mol. The number of para-hydroxylation sites is 1. The van der Waals surface area contributed by atoms with Gasteiger partial charge >= 0.3 is 5.66 Å². The molecule has 3 aliphatic rings. The number of fused-ring (bicyclic) bond motifs is 19. The first-order valence-corrected chi connectivity index (χ1v) is 18.3. The first-order valence-electron chi connectivity index (χ1n) is 18.3. The van der Waals surface area contributed by atoms with Gasteiger partial charge in [0.1, 0.15) is 11.1 Å². The molecule has 1 spiro atoms. The fourth-order valence-electron chi connectivity index (χ4n) is 10.2. The minimum Gasteiger partial charge on any atom is -0.125 e. The van der Waals surface area contributed by atoms with Crippen LogP contribution < -0.4 is 9.13 Å². The maximum Gasteiger partial charge on any atom is 0.418 e. The number of pyridine rings is 2. The standard InChI is InChI=1S/C49H38N2/c1-30(2)38-29-39-45(34-19-9-8-18-33(34)38)49(41-28-32(31-16-6-5-7-17-31)25-26-35(41)42-23-14-15-27-50(42)49)51-43-24-13-11-21-37(43)46-44(47(39)51)36-20-10-12-22-40(36)48(46,3)4/h5-30H,1-4H3/q+2. The SMILES string of the molecule is CC(C)c1cc2c(c3ccccc13)C1(c3cc(-c4ccccc4)ccc3-c3cccc[n+]31)[n+]1c-2c2c(c3ccccc31)C(C)(C)c1ccccc1-2. The maximum absolute atomic E-state index is 2.75. The Morgan fingerprint density at radius 3 is 2.06 bits per heavy atom. The van der Waals surface area contributed by atoms with Gasteiger partial charge in [0.15, 0.2) is 6.20 Å². The molecule has 2 aliphatic heterocycles. The van der Waals surface area contributed by atoms with Crippen LogP contribution in [-0.4, -0.2) is 0 Å². The highest BCUT2D eigenvalue weighted by molar-refractivity contribution is 6.04. The fraction of sp³-hybridized carbons (Fsp3) is 0.143. The average Bonchev–Trinajstić information content (AvgIpc) is 3.73. The van der Waals surface area contributed by atoms with Crippen LogP contribution in [0.5, 0.6) is 0 Å². The molecule has 0 saturated heterocycles. The highest BCUT2D eigenvalue weighted by Crippen LogP contribution is 2.59. The monoisotopic (exact) mass is 654 g/mol. The van der Waals surface area contributed by atoms with E-state index in [2.05, 4.69) is 189 Å². The van der Waals surface area contributed by atoms with Crippen LogP contribution >= 0.6 is 0 Å². The Morgan fingerprint density at radius 2 is 1.24 bits per heavy atom. The van der Waals surface area contributed by atoms with Crippen LogP contribution in [0.25, 0.3) is 66.4 Å². The molecule has 8 aromatic rings. The number of aromatic nitrogens is 2. The summed E-state index contributed by atoms with van der Waals surface area (Å²) in [5, 5.41) is 3.99. The van der Waals surface area contributed by atoms with E-state index < -0.39 is 5.66 Å². The second-order valence-corrected chi connectivity index (χ2v) is 15.5. The van der Waals surface area contributed by atoms with Crippen LogP contribution in [0.15, 0.2) is 152 Å². The van der Waals surface area contributed by atoms with Crippen molar-refractivity contribution >= 4 is 21.7 Å². The molecule has 242 valence electrons. The molecule has 1 unspecified atom stereocenters. The van der Waals surface area contributed by atoms with Crippen molar-refractivity contribution in [3.63, 3.8) is 0 Å². The predicted octanol–water partition coefficient (Wildman–Crippen LogP) is 10.9. The van der Waals surface area contributed by atoms with Gasteiger partial charge in [-0.2, -0.15) is 0 Å². The second kappa shape index (κ2) is 9.89. The van der Waals surface area contributed by atoms with Crippen LogP contribution in [0.3, 0.4) is 0 Å². The van der Waals surface area contributed by atoms with Crippen molar-refractivity contribution in [3.8, 4) is 44.8 Å². The van der Waals surface area contributed by atoms with Gasteiger partial charge in [0.2, 0.25) is 16.9 Å². The van der Waals surface area contributed by atoms with E-state index in [1.54, 1.807) is 0 Å². The summed E-state index contributed by atoms with van der Waals surface area (Å²) >= 11 is 0. The molecule has 0 amide bonds. The molecule has 0 bridgehead atoms. The Morgan fingerprint density at radius 1 is 0.529 bits per heavy atom. The van der Waals surface area contributed by atoms with E-state index in [0.29, 0.717) is 5.92 Å². The smallest absolute Gasteiger partial charge is 0.125 e. The van der Waals surface area contributed by atoms with Crippen LogP contribution in [0.2, 0.25) is 0 Å². The van der Waals surface area contributed by atoms with Crippen LogP contribution in [-0.2, 0) is 11.1 Å². The number of rotatable bonds is 2. The summed E-state index contributed by atoms with van der Waals surface area (Å²) in [4.78, 5) is 0. The van der Waals surface area contributed by atoms with Crippen molar-refractivity contribution in [1.29, 1.82) is 0 Å². The molecule has 0 radical (unpaired) electrons. The van der Waals surface area contributed by atoms with Crippen molar-refractivity contribution in [1.82, 2.24) is 0 Å². The van der Waals surface area contributed by atoms with Gasteiger partial charge in [0, 0.05) is 29.0 Å². The molecule has 2 aromatic heterocycles. The molecule has 0 fully saturated rings. The summed E-state index contributed by atoms with van der Waals surface area (Å²) in [6.45, 7) is 9.54. The Balaban J connectivity index is 1.44. The van der Waals surface area contributed by atoms with E-state index in [1.165, 1.54) is 94.3 Å². The van der Waals surface area contributed by atoms with E-state index in [-0.39, 0.29) is 5.41 Å². The summed E-state index contributed by atoms with van der Waals surface area (Å²) in [6.07, 6.45) is 2.33. The lowest BCUT2D eigenvalue weighted by Gasteiger charge is -2.24. The summed E-state index contributed by atoms with van der Waals surface area (Å²) < 4.78 is 5.35. The van der Waals surface area contributed by atoms with Crippen LogP contribution in [0, 0.1) is 0 Å².